The van der Waals surface area contributed by atoms with Crippen LogP contribution in [0.15, 0.2) is 72.2 Å². The van der Waals surface area contributed by atoms with Crippen molar-refractivity contribution in [2.24, 2.45) is 11.3 Å². The largest absolute Gasteiger partial charge is 0.416 e. The molecule has 1 saturated carbocycles. The minimum absolute atomic E-state index is 0.000751. The third kappa shape index (κ3) is 16.0. The van der Waals surface area contributed by atoms with Gasteiger partial charge in [-0.25, -0.2) is 9.97 Å². The summed E-state index contributed by atoms with van der Waals surface area (Å²) in [4.78, 5) is 70.2. The molecule has 1 aliphatic carbocycles. The number of rotatable bonds is 23. The molecule has 3 fully saturated rings. The number of halogens is 3. The zero-order chi connectivity index (χ0) is 56.3. The Morgan fingerprint density at radius 3 is 2.20 bits per heavy atom. The van der Waals surface area contributed by atoms with Gasteiger partial charge in [-0.3, -0.25) is 34.3 Å². The third-order valence-electron chi connectivity index (χ3n) is 15.0. The van der Waals surface area contributed by atoms with Crippen LogP contribution in [0.4, 0.5) is 19.1 Å². The highest BCUT2D eigenvalue weighted by Crippen LogP contribution is 2.38. The summed E-state index contributed by atoms with van der Waals surface area (Å²) < 4.78 is 59.5. The predicted octanol–water partition coefficient (Wildman–Crippen LogP) is 6.44. The maximum absolute atomic E-state index is 14.0. The predicted molar refractivity (Wildman–Crippen MR) is 293 cm³/mol. The molecule has 4 amide bonds. The van der Waals surface area contributed by atoms with Crippen LogP contribution in [-0.4, -0.2) is 167 Å². The highest BCUT2D eigenvalue weighted by molar-refractivity contribution is 7.13. The molecule has 3 atom stereocenters. The van der Waals surface area contributed by atoms with Crippen LogP contribution < -0.4 is 16.0 Å². The van der Waals surface area contributed by atoms with E-state index in [0.29, 0.717) is 31.9 Å². The lowest BCUT2D eigenvalue weighted by Crippen LogP contribution is -2.58. The maximum Gasteiger partial charge on any atom is 0.416 e. The number of hydrogen-bond acceptors (Lipinski definition) is 14. The van der Waals surface area contributed by atoms with E-state index in [4.69, 9.17) is 19.2 Å². The van der Waals surface area contributed by atoms with Gasteiger partial charge >= 0.3 is 6.18 Å². The number of thiazole rings is 1. The van der Waals surface area contributed by atoms with E-state index in [9.17, 15) is 42.6 Å². The van der Waals surface area contributed by atoms with Gasteiger partial charge in [-0.1, -0.05) is 57.2 Å². The Kier molecular flexibility index (Phi) is 20.3. The number of nitrogens with one attached hydrogen (secondary N) is 3. The lowest BCUT2D eigenvalue weighted by molar-refractivity contribution is -0.144. The maximum atomic E-state index is 14.0. The number of amides is 4. The zero-order valence-electron chi connectivity index (χ0n) is 45.4. The number of carbonyl (C=O) groups is 4. The van der Waals surface area contributed by atoms with E-state index >= 15 is 0 Å². The number of anilines is 1. The van der Waals surface area contributed by atoms with Crippen molar-refractivity contribution in [1.82, 2.24) is 39.9 Å². The Hall–Kier alpha value is -5.85. The number of likely N-dealkylation sites (tertiary alicyclic amines) is 1. The van der Waals surface area contributed by atoms with Crippen molar-refractivity contribution < 1.29 is 56.8 Å². The fraction of sp³-hybridized carbons (Fsp3) is 0.544. The highest BCUT2D eigenvalue weighted by atomic mass is 32.1. The molecule has 3 aromatic carbocycles. The first-order valence-corrected chi connectivity index (χ1v) is 28.1. The number of aryl methyl sites for hydroxylation is 1. The lowest BCUT2D eigenvalue weighted by Gasteiger charge is -2.35. The van der Waals surface area contributed by atoms with Gasteiger partial charge in [-0.15, -0.1) is 11.3 Å². The third-order valence-corrected chi connectivity index (χ3v) is 16.0. The molecule has 79 heavy (non-hydrogen) atoms. The Bertz CT molecular complexity index is 2840. The molecular weight excluding hydrogens is 1040 g/mol. The number of nitrogens with zero attached hydrogens (tertiary/aromatic N) is 6. The fourth-order valence-corrected chi connectivity index (χ4v) is 11.3. The number of aromatic nitrogens is 3. The molecule has 0 unspecified atom stereocenters. The zero-order valence-corrected chi connectivity index (χ0v) is 46.3. The lowest BCUT2D eigenvalue weighted by atomic mass is 9.85. The number of piperazine rings is 1. The minimum atomic E-state index is -4.58. The van der Waals surface area contributed by atoms with E-state index in [1.54, 1.807) is 16.8 Å². The summed E-state index contributed by atoms with van der Waals surface area (Å²) in [5.41, 5.74) is 5.53. The second-order valence-corrected chi connectivity index (χ2v) is 22.7. The Balaban J connectivity index is 0.708. The van der Waals surface area contributed by atoms with Gasteiger partial charge in [0, 0.05) is 77.0 Å². The monoisotopic (exact) mass is 1120 g/mol. The summed E-state index contributed by atoms with van der Waals surface area (Å²) in [6, 6.07) is 16.4. The van der Waals surface area contributed by atoms with Crippen LogP contribution in [0.3, 0.4) is 0 Å². The molecule has 18 nitrogen and oxygen atoms in total. The van der Waals surface area contributed by atoms with Crippen LogP contribution in [0.5, 0.6) is 0 Å². The molecule has 2 aliphatic heterocycles. The first kappa shape index (κ1) is 59.3. The van der Waals surface area contributed by atoms with E-state index in [1.165, 1.54) is 17.0 Å². The number of aliphatic hydroxyl groups is 2. The summed E-state index contributed by atoms with van der Waals surface area (Å²) in [7, 11) is 0. The molecule has 5 aromatic rings. The van der Waals surface area contributed by atoms with Gasteiger partial charge < -0.3 is 44.5 Å². The standard InChI is InChI=1S/C57H74F3N9O9S/c1-37-50(79-36-62-37)41-13-8-38(9-14-41)31-61-53(74)48-30-45(71)33-68(48)54(75)51(56(2,3)4)64-49(72)35-78-27-26-77-25-24-76-23-22-66-18-20-67(21-19-66)32-40-12-17-47-46(28-40)63-55(69(47)44-15-10-39(34-70)11-16-44)65-52(73)42-6-5-7-43(29-42)57(58,59)60/h5-9,12-14,17,28-29,36,39,44-45,48,51,70-71H,10-11,15-16,18-27,30-35H2,1-4H3,(H,61,74)(H,64,72)(H,63,65,73)/t39?,44?,45-,48+,51-/m1/s1. The smallest absolute Gasteiger partial charge is 0.396 e. The van der Waals surface area contributed by atoms with Crippen molar-refractivity contribution in [2.45, 2.75) is 103 Å². The van der Waals surface area contributed by atoms with Gasteiger partial charge in [0.25, 0.3) is 5.91 Å². The van der Waals surface area contributed by atoms with Crippen LogP contribution in [0.2, 0.25) is 0 Å². The van der Waals surface area contributed by atoms with Crippen molar-refractivity contribution >= 4 is 51.9 Å². The van der Waals surface area contributed by atoms with Crippen molar-refractivity contribution in [2.75, 3.05) is 90.8 Å². The normalized spacial score (nSPS) is 19.9. The number of carbonyl (C=O) groups excluding carboxylic acids is 4. The average Bonchev–Trinajstić information content (AvgIpc) is 4.39. The Morgan fingerprint density at radius 1 is 0.848 bits per heavy atom. The van der Waals surface area contributed by atoms with E-state index in [-0.39, 0.29) is 75.3 Å². The van der Waals surface area contributed by atoms with Gasteiger partial charge in [0.1, 0.15) is 18.7 Å². The highest BCUT2D eigenvalue weighted by Gasteiger charge is 2.44. The van der Waals surface area contributed by atoms with Crippen LogP contribution in [0.1, 0.15) is 91.7 Å². The molecule has 22 heteroatoms. The van der Waals surface area contributed by atoms with Gasteiger partial charge in [0.2, 0.25) is 23.7 Å². The summed E-state index contributed by atoms with van der Waals surface area (Å²) in [6.07, 6.45) is -2.21. The van der Waals surface area contributed by atoms with E-state index < -0.39 is 53.1 Å². The van der Waals surface area contributed by atoms with E-state index in [0.717, 1.165) is 103 Å². The fourth-order valence-electron chi connectivity index (χ4n) is 10.5. The van der Waals surface area contributed by atoms with E-state index in [1.807, 2.05) is 68.7 Å². The topological polar surface area (TPSA) is 213 Å². The van der Waals surface area contributed by atoms with Crippen LogP contribution in [-0.2, 0) is 47.9 Å². The number of ether oxygens (including phenoxy) is 3. The first-order valence-electron chi connectivity index (χ1n) is 27.2. The second kappa shape index (κ2) is 27.1. The summed E-state index contributed by atoms with van der Waals surface area (Å²) in [5, 5.41) is 28.9. The Morgan fingerprint density at radius 2 is 1.53 bits per heavy atom. The van der Waals surface area contributed by atoms with E-state index in [2.05, 4.69) is 36.8 Å². The number of β-amino-alcohol motifs (C(OH)–C–C–N with tert-alkyl or cyclic N) is 1. The average molecular weight is 1120 g/mol. The van der Waals surface area contributed by atoms with Crippen LogP contribution in [0, 0.1) is 18.3 Å². The number of alkyl halides is 3. The molecular formula is C57H74F3N9O9S. The van der Waals surface area contributed by atoms with Gasteiger partial charge in [0.15, 0.2) is 0 Å². The molecule has 5 N–H and O–H groups in total. The molecule has 3 aliphatic rings. The van der Waals surface area contributed by atoms with Gasteiger partial charge in [-0.05, 0) is 91.0 Å². The summed E-state index contributed by atoms with van der Waals surface area (Å²) >= 11 is 1.57. The number of imidazole rings is 1. The van der Waals surface area contributed by atoms with Crippen molar-refractivity contribution in [3.05, 3.63) is 100 Å². The number of aliphatic hydroxyl groups excluding tert-OH is 2. The summed E-state index contributed by atoms with van der Waals surface area (Å²) in [5.74, 6) is -1.51. The molecule has 0 bridgehead atoms. The SMILES string of the molecule is Cc1ncsc1-c1ccc(CNC(=O)[C@@H]2C[C@@H](O)CN2C(=O)[C@@H](NC(=O)COCCOCCOCCN2CCN(Cc3ccc4c(c3)nc(NC(=O)c3cccc(C(F)(F)F)c3)n4C3CCC(CO)CC3)CC2)C(C)(C)C)cc1. The molecule has 2 aromatic heterocycles. The molecule has 428 valence electrons. The molecule has 8 rings (SSSR count). The second-order valence-electron chi connectivity index (χ2n) is 21.9. The summed E-state index contributed by atoms with van der Waals surface area (Å²) in [6.45, 7) is 14.0. The number of benzene rings is 3. The van der Waals surface area contributed by atoms with Crippen LogP contribution in [0.25, 0.3) is 21.5 Å². The molecule has 0 radical (unpaired) electrons. The number of hydrogen-bond donors (Lipinski definition) is 5. The quantitative estimate of drug-likeness (QED) is 0.0447. The van der Waals surface area contributed by atoms with Crippen molar-refractivity contribution in [1.29, 1.82) is 0 Å². The van der Waals surface area contributed by atoms with Crippen LogP contribution >= 0.6 is 11.3 Å². The van der Waals surface area contributed by atoms with Gasteiger partial charge in [-0.2, -0.15) is 13.2 Å². The minimum Gasteiger partial charge on any atom is -0.396 e. The first-order chi connectivity index (χ1) is 37.8. The number of fused-ring (bicyclic) bond motifs is 1. The molecule has 4 heterocycles. The Labute approximate surface area is 463 Å². The van der Waals surface area contributed by atoms with Crippen molar-refractivity contribution in [3.8, 4) is 10.4 Å². The molecule has 0 spiro atoms. The van der Waals surface area contributed by atoms with Crippen molar-refractivity contribution in [3.63, 3.8) is 0 Å². The molecule has 2 saturated heterocycles. The van der Waals surface area contributed by atoms with Gasteiger partial charge in [0.05, 0.1) is 71.8 Å².